The maximum atomic E-state index is 14.2. The van der Waals surface area contributed by atoms with Crippen molar-refractivity contribution < 1.29 is 43.9 Å². The van der Waals surface area contributed by atoms with Crippen molar-refractivity contribution in [1.82, 2.24) is 9.88 Å². The maximum Gasteiger partial charge on any atom is 0.416 e. The van der Waals surface area contributed by atoms with Gasteiger partial charge in [-0.15, -0.1) is 0 Å². The minimum absolute atomic E-state index is 0.000139. The third-order valence-corrected chi connectivity index (χ3v) is 11.3. The van der Waals surface area contributed by atoms with E-state index in [1.54, 1.807) is 13.0 Å². The number of amides is 1. The first kappa shape index (κ1) is 36.6. The van der Waals surface area contributed by atoms with Crippen LogP contribution in [0.3, 0.4) is 0 Å². The van der Waals surface area contributed by atoms with Gasteiger partial charge in [0.15, 0.2) is 9.84 Å². The van der Waals surface area contributed by atoms with Crippen molar-refractivity contribution in [3.63, 3.8) is 0 Å². The van der Waals surface area contributed by atoms with Crippen LogP contribution in [0.25, 0.3) is 11.1 Å². The minimum Gasteiger partial charge on any atom is -0.351 e. The number of aryl methyl sites for hydroxylation is 1. The summed E-state index contributed by atoms with van der Waals surface area (Å²) in [4.78, 5) is 24.1. The molecule has 266 valence electrons. The molecule has 0 bridgehead atoms. The number of hydrogen-bond acceptors (Lipinski definition) is 6. The summed E-state index contributed by atoms with van der Waals surface area (Å²) in [6.45, 7) is 7.56. The zero-order valence-electron chi connectivity index (χ0n) is 27.6. The van der Waals surface area contributed by atoms with Gasteiger partial charge in [0, 0.05) is 44.3 Å². The smallest absolute Gasteiger partial charge is 0.351 e. The van der Waals surface area contributed by atoms with Crippen molar-refractivity contribution in [2.45, 2.75) is 64.0 Å². The number of alkyl halides is 6. The van der Waals surface area contributed by atoms with Crippen LogP contribution in [0.4, 0.5) is 42.2 Å². The second-order valence-corrected chi connectivity index (χ2v) is 15.5. The molecule has 2 aliphatic heterocycles. The van der Waals surface area contributed by atoms with E-state index in [9.17, 15) is 43.9 Å². The Kier molecular flexibility index (Phi) is 9.60. The number of fused-ring (bicyclic) bond motifs is 1. The van der Waals surface area contributed by atoms with Gasteiger partial charge in [0.2, 0.25) is 5.91 Å². The molecule has 2 aliphatic rings. The number of halogens is 7. The molecule has 15 heteroatoms. The van der Waals surface area contributed by atoms with Gasteiger partial charge in [-0.1, -0.05) is 13.0 Å². The van der Waals surface area contributed by atoms with Crippen LogP contribution in [-0.2, 0) is 32.4 Å². The molecule has 2 saturated heterocycles. The van der Waals surface area contributed by atoms with E-state index in [-0.39, 0.29) is 35.3 Å². The van der Waals surface area contributed by atoms with E-state index in [0.29, 0.717) is 60.7 Å². The number of likely N-dealkylation sites (N-methyl/N-ethyl adjacent to an activating group) is 1. The van der Waals surface area contributed by atoms with Crippen molar-refractivity contribution in [3.8, 4) is 11.1 Å². The molecule has 1 aromatic heterocycles. The molecule has 0 saturated carbocycles. The van der Waals surface area contributed by atoms with Crippen LogP contribution < -0.4 is 9.80 Å². The van der Waals surface area contributed by atoms with E-state index in [2.05, 4.69) is 9.88 Å². The highest BCUT2D eigenvalue weighted by Gasteiger charge is 2.42. The Balaban J connectivity index is 1.59. The zero-order chi connectivity index (χ0) is 36.3. The van der Waals surface area contributed by atoms with Crippen LogP contribution in [0.15, 0.2) is 48.7 Å². The van der Waals surface area contributed by atoms with Gasteiger partial charge in [-0.05, 0) is 80.3 Å². The average Bonchev–Trinajstić information content (AvgIpc) is 3.01. The highest BCUT2D eigenvalue weighted by molar-refractivity contribution is 7.91. The van der Waals surface area contributed by atoms with E-state index >= 15 is 0 Å². The second kappa shape index (κ2) is 12.9. The van der Waals surface area contributed by atoms with E-state index in [1.807, 2.05) is 11.8 Å². The number of nitrogens with zero attached hydrogens (tertiary/aromatic N) is 4. The Hall–Kier alpha value is -3.72. The van der Waals surface area contributed by atoms with Crippen molar-refractivity contribution in [2.24, 2.45) is 0 Å². The number of carbonyl (C=O) groups is 1. The second-order valence-electron chi connectivity index (χ2n) is 13.3. The summed E-state index contributed by atoms with van der Waals surface area (Å²) in [7, 11) is -1.87. The lowest BCUT2D eigenvalue weighted by molar-refractivity contribution is -0.143. The van der Waals surface area contributed by atoms with Crippen LogP contribution in [0.2, 0.25) is 0 Å². The lowest BCUT2D eigenvalue weighted by Crippen LogP contribution is -2.63. The summed E-state index contributed by atoms with van der Waals surface area (Å²) in [6, 6.07) is 6.56. The fourth-order valence-electron chi connectivity index (χ4n) is 6.68. The molecular formula is C34H37F7N4O3S. The number of sulfone groups is 1. The molecule has 0 radical (unpaired) electrons. The predicted molar refractivity (Wildman–Crippen MR) is 173 cm³/mol. The molecule has 0 N–H and O–H groups in total. The van der Waals surface area contributed by atoms with Gasteiger partial charge in [0.1, 0.15) is 11.6 Å². The number of hydrogen-bond donors (Lipinski definition) is 0. The Bertz CT molecular complexity index is 1830. The third kappa shape index (κ3) is 7.42. The van der Waals surface area contributed by atoms with Gasteiger partial charge in [-0.3, -0.25) is 9.69 Å². The molecule has 3 aromatic rings. The van der Waals surface area contributed by atoms with Crippen molar-refractivity contribution in [2.75, 3.05) is 48.0 Å². The Labute approximate surface area is 280 Å². The number of anilines is 2. The standard InChI is InChI=1S/C34H37F7N4O3S/c1-6-25-17-44-9-10-49(47,48)19-26(44)18-45(25)30-15-28(27-8-7-24(35)11-20(27)2)29(16-42-30)43(5)31(46)32(3,4)21-12-22(33(36,37)38)14-23(13-21)34(39,40)41/h7-8,11-16,25-26H,6,9-10,17-19H2,1-5H3/t25-,26?/m1/s1. The van der Waals surface area contributed by atoms with E-state index in [4.69, 9.17) is 0 Å². The quantitative estimate of drug-likeness (QED) is 0.260. The predicted octanol–water partition coefficient (Wildman–Crippen LogP) is 6.87. The van der Waals surface area contributed by atoms with E-state index in [0.717, 1.165) is 4.90 Å². The van der Waals surface area contributed by atoms with Crippen LogP contribution in [0.5, 0.6) is 0 Å². The fraction of sp³-hybridized carbons (Fsp3) is 0.471. The molecule has 49 heavy (non-hydrogen) atoms. The molecule has 2 aromatic carbocycles. The Morgan fingerprint density at radius 3 is 2.12 bits per heavy atom. The largest absolute Gasteiger partial charge is 0.416 e. The highest BCUT2D eigenvalue weighted by atomic mass is 32.2. The first-order chi connectivity index (χ1) is 22.6. The first-order valence-corrected chi connectivity index (χ1v) is 17.5. The van der Waals surface area contributed by atoms with E-state index in [1.165, 1.54) is 45.3 Å². The molecule has 1 amide bonds. The van der Waals surface area contributed by atoms with Crippen LogP contribution in [0, 0.1) is 12.7 Å². The summed E-state index contributed by atoms with van der Waals surface area (Å²) in [5.41, 5.74) is -3.81. The van der Waals surface area contributed by atoms with Crippen LogP contribution >= 0.6 is 0 Å². The van der Waals surface area contributed by atoms with Crippen LogP contribution in [-0.4, -0.2) is 74.5 Å². The number of rotatable bonds is 6. The zero-order valence-corrected chi connectivity index (χ0v) is 28.4. The van der Waals surface area contributed by atoms with Gasteiger partial charge in [-0.2, -0.15) is 26.3 Å². The lowest BCUT2D eigenvalue weighted by atomic mass is 9.81. The Morgan fingerprint density at radius 1 is 0.939 bits per heavy atom. The SMILES string of the molecule is CC[C@@H]1CN2CCS(=O)(=O)CC2CN1c1cc(-c2ccc(F)cc2C)c(N(C)C(=O)C(C)(C)c2cc(C(F)(F)F)cc(C(F)(F)F)c2)cn1. The summed E-state index contributed by atoms with van der Waals surface area (Å²) < 4.78 is 121. The number of pyridine rings is 1. The van der Waals surface area contributed by atoms with Gasteiger partial charge in [0.05, 0.1) is 39.9 Å². The molecule has 5 rings (SSSR count). The van der Waals surface area contributed by atoms with Gasteiger partial charge < -0.3 is 9.80 Å². The molecule has 0 spiro atoms. The third-order valence-electron chi connectivity index (χ3n) is 9.57. The molecule has 2 atom stereocenters. The van der Waals surface area contributed by atoms with Gasteiger partial charge >= 0.3 is 12.4 Å². The highest BCUT2D eigenvalue weighted by Crippen LogP contribution is 2.42. The average molecular weight is 715 g/mol. The normalized spacial score (nSPS) is 20.2. The number of aromatic nitrogens is 1. The fourth-order valence-corrected chi connectivity index (χ4v) is 8.26. The molecular weight excluding hydrogens is 677 g/mol. The van der Waals surface area contributed by atoms with Crippen molar-refractivity contribution in [3.05, 3.63) is 76.7 Å². The molecule has 1 unspecified atom stereocenters. The van der Waals surface area contributed by atoms with Crippen molar-refractivity contribution >= 4 is 27.2 Å². The molecule has 2 fully saturated rings. The van der Waals surface area contributed by atoms with Crippen LogP contribution in [0.1, 0.15) is 49.4 Å². The lowest BCUT2D eigenvalue weighted by Gasteiger charge is -2.48. The Morgan fingerprint density at radius 2 is 1.55 bits per heavy atom. The maximum absolute atomic E-state index is 14.2. The van der Waals surface area contributed by atoms with Gasteiger partial charge in [0.25, 0.3) is 0 Å². The number of carbonyl (C=O) groups excluding carboxylic acids is 1. The number of piperazine rings is 1. The first-order valence-electron chi connectivity index (χ1n) is 15.7. The minimum atomic E-state index is -5.10. The molecule has 0 aliphatic carbocycles. The topological polar surface area (TPSA) is 73.8 Å². The number of benzene rings is 2. The van der Waals surface area contributed by atoms with E-state index < -0.39 is 56.0 Å². The summed E-state index contributed by atoms with van der Waals surface area (Å²) in [6.07, 6.45) is -8.09. The monoisotopic (exact) mass is 714 g/mol. The summed E-state index contributed by atoms with van der Waals surface area (Å²) >= 11 is 0. The molecule has 7 nitrogen and oxygen atoms in total. The summed E-state index contributed by atoms with van der Waals surface area (Å²) in [5.74, 6) is -0.754. The summed E-state index contributed by atoms with van der Waals surface area (Å²) in [5, 5.41) is 0. The molecule has 3 heterocycles. The van der Waals surface area contributed by atoms with Crippen molar-refractivity contribution in [1.29, 1.82) is 0 Å². The van der Waals surface area contributed by atoms with Gasteiger partial charge in [-0.25, -0.2) is 17.8 Å².